The Morgan fingerprint density at radius 1 is 1.17 bits per heavy atom. The van der Waals surface area contributed by atoms with E-state index in [1.54, 1.807) is 41.0 Å². The molecule has 1 aromatic heterocycles. The summed E-state index contributed by atoms with van der Waals surface area (Å²) in [6.07, 6.45) is 1.52. The van der Waals surface area contributed by atoms with Crippen molar-refractivity contribution < 1.29 is 13.9 Å². The van der Waals surface area contributed by atoms with Crippen molar-refractivity contribution in [1.82, 2.24) is 4.57 Å². The van der Waals surface area contributed by atoms with Gasteiger partial charge in [0.25, 0.3) is 0 Å². The maximum Gasteiger partial charge on any atom is 0.244 e. The smallest absolute Gasteiger partial charge is 0.244 e. The summed E-state index contributed by atoms with van der Waals surface area (Å²) in [5.74, 6) is 0.0134. The molecule has 1 amide bonds. The zero-order valence-electron chi connectivity index (χ0n) is 15.5. The first-order valence-corrected chi connectivity index (χ1v) is 10.0. The van der Waals surface area contributed by atoms with E-state index < -0.39 is 0 Å². The summed E-state index contributed by atoms with van der Waals surface area (Å²) in [7, 11) is 1.40. The third-order valence-electron chi connectivity index (χ3n) is 4.04. The quantitative estimate of drug-likeness (QED) is 0.555. The highest BCUT2D eigenvalue weighted by atomic mass is 35.5. The molecule has 0 saturated carbocycles. The van der Waals surface area contributed by atoms with E-state index in [-0.39, 0.29) is 29.4 Å². The van der Waals surface area contributed by atoms with Gasteiger partial charge in [0, 0.05) is 33.1 Å². The van der Waals surface area contributed by atoms with E-state index in [0.717, 1.165) is 4.90 Å². The Balaban J connectivity index is 1.77. The highest BCUT2D eigenvalue weighted by Crippen LogP contribution is 2.23. The number of nitrogens with one attached hydrogen (secondary N) is 1. The van der Waals surface area contributed by atoms with Crippen molar-refractivity contribution in [3.05, 3.63) is 87.6 Å². The molecule has 3 rings (SSSR count). The van der Waals surface area contributed by atoms with E-state index >= 15 is 0 Å². The van der Waals surface area contributed by atoms with Crippen LogP contribution in [0.2, 0.25) is 5.02 Å². The predicted octanol–water partition coefficient (Wildman–Crippen LogP) is 4.58. The molecule has 0 unspecified atom stereocenters. The predicted molar refractivity (Wildman–Crippen MR) is 113 cm³/mol. The van der Waals surface area contributed by atoms with Crippen LogP contribution in [0.25, 0.3) is 0 Å². The largest absolute Gasteiger partial charge is 0.491 e. The van der Waals surface area contributed by atoms with Crippen molar-refractivity contribution in [3.8, 4) is 5.75 Å². The summed E-state index contributed by atoms with van der Waals surface area (Å²) in [6.45, 7) is -0.00141. The molecule has 0 radical (unpaired) electrons. The highest BCUT2D eigenvalue weighted by Gasteiger charge is 2.12. The molecule has 2 aromatic carbocycles. The number of carbonyl (C=O) groups excluding carboxylic acids is 1. The summed E-state index contributed by atoms with van der Waals surface area (Å²) in [5.41, 5.74) is 1.00. The van der Waals surface area contributed by atoms with Crippen LogP contribution in [-0.2, 0) is 17.1 Å². The Kier molecular flexibility index (Phi) is 6.95. The van der Waals surface area contributed by atoms with Crippen LogP contribution < -0.4 is 15.5 Å². The monoisotopic (exact) mass is 432 g/mol. The zero-order valence-corrected chi connectivity index (χ0v) is 17.1. The molecule has 0 fully saturated rings. The topological polar surface area (TPSA) is 60.3 Å². The number of ether oxygens (including phenoxy) is 1. The number of anilines is 1. The van der Waals surface area contributed by atoms with Gasteiger partial charge in [0.2, 0.25) is 11.3 Å². The Morgan fingerprint density at radius 2 is 1.86 bits per heavy atom. The average Bonchev–Trinajstić information content (AvgIpc) is 2.70. The maximum atomic E-state index is 13.1. The van der Waals surface area contributed by atoms with Crippen LogP contribution in [-0.4, -0.2) is 17.6 Å². The third kappa shape index (κ3) is 5.85. The van der Waals surface area contributed by atoms with E-state index in [1.165, 1.54) is 43.3 Å². The van der Waals surface area contributed by atoms with Crippen molar-refractivity contribution in [1.29, 1.82) is 0 Å². The summed E-state index contributed by atoms with van der Waals surface area (Å²) in [6, 6.07) is 14.3. The van der Waals surface area contributed by atoms with E-state index in [9.17, 15) is 14.0 Å². The van der Waals surface area contributed by atoms with E-state index in [4.69, 9.17) is 16.3 Å². The van der Waals surface area contributed by atoms with Gasteiger partial charge < -0.3 is 14.6 Å². The molecule has 0 aliphatic heterocycles. The lowest BCUT2D eigenvalue weighted by molar-refractivity contribution is -0.116. The van der Waals surface area contributed by atoms with Crippen LogP contribution >= 0.6 is 23.4 Å². The SMILES string of the molecule is COc1cn(CC(=O)Nc2ccc(Cl)cc2)c(CSc2ccc(F)cc2)cc1=O. The average molecular weight is 433 g/mol. The minimum Gasteiger partial charge on any atom is -0.491 e. The van der Waals surface area contributed by atoms with Gasteiger partial charge in [-0.25, -0.2) is 4.39 Å². The number of hydrogen-bond donors (Lipinski definition) is 1. The molecular weight excluding hydrogens is 415 g/mol. The van der Waals surface area contributed by atoms with Gasteiger partial charge in [0.15, 0.2) is 5.75 Å². The van der Waals surface area contributed by atoms with Crippen LogP contribution in [0.1, 0.15) is 5.69 Å². The first-order valence-electron chi connectivity index (χ1n) is 8.66. The molecule has 150 valence electrons. The van der Waals surface area contributed by atoms with Crippen LogP contribution in [0.3, 0.4) is 0 Å². The number of nitrogens with zero attached hydrogens (tertiary/aromatic N) is 1. The van der Waals surface area contributed by atoms with Crippen molar-refractivity contribution in [2.24, 2.45) is 0 Å². The van der Waals surface area contributed by atoms with Crippen molar-refractivity contribution in [2.45, 2.75) is 17.2 Å². The second-order valence-electron chi connectivity index (χ2n) is 6.12. The maximum absolute atomic E-state index is 13.1. The fourth-order valence-electron chi connectivity index (χ4n) is 2.60. The van der Waals surface area contributed by atoms with Gasteiger partial charge in [-0.05, 0) is 48.5 Å². The third-order valence-corrected chi connectivity index (χ3v) is 5.34. The lowest BCUT2D eigenvalue weighted by Gasteiger charge is -2.15. The number of thioether (sulfide) groups is 1. The number of aromatic nitrogens is 1. The van der Waals surface area contributed by atoms with Gasteiger partial charge in [-0.1, -0.05) is 11.6 Å². The molecule has 8 heteroatoms. The van der Waals surface area contributed by atoms with Gasteiger partial charge in [0.1, 0.15) is 12.4 Å². The summed E-state index contributed by atoms with van der Waals surface area (Å²) >= 11 is 7.30. The zero-order chi connectivity index (χ0) is 20.8. The normalized spacial score (nSPS) is 10.6. The fraction of sp³-hybridized carbons (Fsp3) is 0.143. The molecule has 3 aromatic rings. The Bertz CT molecular complexity index is 1050. The number of rotatable bonds is 7. The van der Waals surface area contributed by atoms with E-state index in [2.05, 4.69) is 5.32 Å². The van der Waals surface area contributed by atoms with Crippen LogP contribution in [0, 0.1) is 5.82 Å². The van der Waals surface area contributed by atoms with Crippen LogP contribution in [0.15, 0.2) is 70.5 Å². The second-order valence-corrected chi connectivity index (χ2v) is 7.61. The fourth-order valence-corrected chi connectivity index (χ4v) is 3.61. The molecule has 1 N–H and O–H groups in total. The van der Waals surface area contributed by atoms with E-state index in [0.29, 0.717) is 22.2 Å². The molecule has 0 saturated heterocycles. The van der Waals surface area contributed by atoms with Gasteiger partial charge in [-0.15, -0.1) is 11.8 Å². The first kappa shape index (κ1) is 21.0. The van der Waals surface area contributed by atoms with Crippen molar-refractivity contribution >= 4 is 35.0 Å². The van der Waals surface area contributed by atoms with Crippen LogP contribution in [0.5, 0.6) is 5.75 Å². The Hall–Kier alpha value is -2.77. The van der Waals surface area contributed by atoms with Gasteiger partial charge in [-0.3, -0.25) is 9.59 Å². The number of methoxy groups -OCH3 is 1. The molecule has 0 aliphatic rings. The Morgan fingerprint density at radius 3 is 2.52 bits per heavy atom. The number of carbonyl (C=O) groups is 1. The highest BCUT2D eigenvalue weighted by molar-refractivity contribution is 7.98. The number of hydrogen-bond acceptors (Lipinski definition) is 4. The molecule has 0 bridgehead atoms. The molecule has 5 nitrogen and oxygen atoms in total. The van der Waals surface area contributed by atoms with Gasteiger partial charge in [0.05, 0.1) is 13.3 Å². The van der Waals surface area contributed by atoms with Crippen molar-refractivity contribution in [2.75, 3.05) is 12.4 Å². The minimum absolute atomic E-state index is 0.00141. The molecule has 0 spiro atoms. The standard InChI is InChI=1S/C21H18ClFN2O3S/c1-28-20-11-25(12-21(27)24-16-6-2-14(22)3-7-16)17(10-19(20)26)13-29-18-8-4-15(23)5-9-18/h2-11H,12-13H2,1H3,(H,24,27). The number of amides is 1. The molecule has 0 atom stereocenters. The number of pyridine rings is 1. The molecule has 1 heterocycles. The number of halogens is 2. The number of benzene rings is 2. The first-order chi connectivity index (χ1) is 13.9. The summed E-state index contributed by atoms with van der Waals surface area (Å²) in [4.78, 5) is 25.5. The summed E-state index contributed by atoms with van der Waals surface area (Å²) < 4.78 is 19.8. The Labute approximate surface area is 176 Å². The second kappa shape index (κ2) is 9.62. The van der Waals surface area contributed by atoms with E-state index in [1.807, 2.05) is 0 Å². The lowest BCUT2D eigenvalue weighted by atomic mass is 10.3. The summed E-state index contributed by atoms with van der Waals surface area (Å²) in [5, 5.41) is 3.37. The van der Waals surface area contributed by atoms with Crippen molar-refractivity contribution in [3.63, 3.8) is 0 Å². The lowest BCUT2D eigenvalue weighted by Crippen LogP contribution is -2.22. The molecular formula is C21H18ClFN2O3S. The van der Waals surface area contributed by atoms with Gasteiger partial charge >= 0.3 is 0 Å². The minimum atomic E-state index is -0.311. The van der Waals surface area contributed by atoms with Gasteiger partial charge in [-0.2, -0.15) is 0 Å². The van der Waals surface area contributed by atoms with Crippen LogP contribution in [0.4, 0.5) is 10.1 Å². The molecule has 0 aliphatic carbocycles. The molecule has 29 heavy (non-hydrogen) atoms.